The van der Waals surface area contributed by atoms with Crippen molar-refractivity contribution in [2.45, 2.75) is 51.0 Å². The molecular formula is C20H30N4O4. The smallest absolute Gasteiger partial charge is 0.305 e. The number of piperidine rings is 1. The summed E-state index contributed by atoms with van der Waals surface area (Å²) < 4.78 is 0. The van der Waals surface area contributed by atoms with Gasteiger partial charge in [-0.15, -0.1) is 0 Å². The Morgan fingerprint density at radius 1 is 1.32 bits per heavy atom. The van der Waals surface area contributed by atoms with Crippen LogP contribution >= 0.6 is 0 Å². The second-order valence-electron chi connectivity index (χ2n) is 7.22. The number of likely N-dealkylation sites (tertiary alicyclic amines) is 1. The molecule has 1 aromatic heterocycles. The zero-order valence-electron chi connectivity index (χ0n) is 16.2. The van der Waals surface area contributed by atoms with Crippen LogP contribution in [-0.2, 0) is 14.4 Å². The van der Waals surface area contributed by atoms with Gasteiger partial charge in [-0.25, -0.2) is 0 Å². The number of carbonyl (C=O) groups excluding carboxylic acids is 2. The van der Waals surface area contributed by atoms with Crippen molar-refractivity contribution in [2.75, 3.05) is 19.6 Å². The summed E-state index contributed by atoms with van der Waals surface area (Å²) in [4.78, 5) is 42.1. The van der Waals surface area contributed by atoms with Gasteiger partial charge in [0.2, 0.25) is 11.8 Å². The molecule has 1 aromatic rings. The summed E-state index contributed by atoms with van der Waals surface area (Å²) >= 11 is 0. The van der Waals surface area contributed by atoms with Crippen LogP contribution in [0.15, 0.2) is 24.5 Å². The molecule has 0 bridgehead atoms. The SMILES string of the molecule is NCCCCCC(=O)N1CCCC(C(=O)NC(CC(=O)O)c2cccnc2)C1. The number of hydrogen-bond donors (Lipinski definition) is 3. The number of nitrogens with one attached hydrogen (secondary N) is 1. The molecule has 2 heterocycles. The molecule has 1 aliphatic heterocycles. The highest BCUT2D eigenvalue weighted by Gasteiger charge is 2.30. The Morgan fingerprint density at radius 2 is 2.14 bits per heavy atom. The van der Waals surface area contributed by atoms with Gasteiger partial charge in [0.05, 0.1) is 18.4 Å². The lowest BCUT2D eigenvalue weighted by Gasteiger charge is -2.33. The molecule has 2 amide bonds. The molecule has 0 saturated carbocycles. The van der Waals surface area contributed by atoms with Gasteiger partial charge in [-0.2, -0.15) is 0 Å². The first kappa shape index (κ1) is 21.8. The molecule has 2 unspecified atom stereocenters. The van der Waals surface area contributed by atoms with Crippen molar-refractivity contribution >= 4 is 17.8 Å². The molecule has 154 valence electrons. The molecule has 0 spiro atoms. The van der Waals surface area contributed by atoms with E-state index in [0.717, 1.165) is 25.7 Å². The predicted octanol–water partition coefficient (Wildman–Crippen LogP) is 1.47. The quantitative estimate of drug-likeness (QED) is 0.520. The Balaban J connectivity index is 1.92. The number of amides is 2. The number of carbonyl (C=O) groups is 3. The van der Waals surface area contributed by atoms with E-state index in [-0.39, 0.29) is 24.2 Å². The minimum absolute atomic E-state index is 0.0730. The molecule has 8 nitrogen and oxygen atoms in total. The fourth-order valence-corrected chi connectivity index (χ4v) is 3.47. The number of aromatic nitrogens is 1. The van der Waals surface area contributed by atoms with Gasteiger partial charge < -0.3 is 21.1 Å². The van der Waals surface area contributed by atoms with E-state index in [9.17, 15) is 19.5 Å². The zero-order valence-corrected chi connectivity index (χ0v) is 16.2. The van der Waals surface area contributed by atoms with Crippen LogP contribution < -0.4 is 11.1 Å². The Kier molecular flexibility index (Phi) is 8.87. The number of nitrogens with two attached hydrogens (primary N) is 1. The lowest BCUT2D eigenvalue weighted by Crippen LogP contribution is -2.46. The molecule has 1 aliphatic rings. The van der Waals surface area contributed by atoms with Gasteiger partial charge in [0.25, 0.3) is 0 Å². The van der Waals surface area contributed by atoms with Crippen molar-refractivity contribution in [1.29, 1.82) is 0 Å². The molecule has 2 atom stereocenters. The number of hydrogen-bond acceptors (Lipinski definition) is 5. The van der Waals surface area contributed by atoms with E-state index in [1.807, 2.05) is 0 Å². The summed E-state index contributed by atoms with van der Waals surface area (Å²) in [5.41, 5.74) is 6.13. The topological polar surface area (TPSA) is 126 Å². The fourth-order valence-electron chi connectivity index (χ4n) is 3.47. The van der Waals surface area contributed by atoms with Crippen molar-refractivity contribution in [2.24, 2.45) is 11.7 Å². The van der Waals surface area contributed by atoms with E-state index in [1.54, 1.807) is 29.4 Å². The summed E-state index contributed by atoms with van der Waals surface area (Å²) in [6.45, 7) is 1.68. The summed E-state index contributed by atoms with van der Waals surface area (Å²) in [6.07, 6.45) is 7.54. The summed E-state index contributed by atoms with van der Waals surface area (Å²) in [6, 6.07) is 2.82. The first-order valence-electron chi connectivity index (χ1n) is 9.91. The molecule has 1 saturated heterocycles. The number of carboxylic acid groups (broad SMARTS) is 1. The number of unbranched alkanes of at least 4 members (excludes halogenated alkanes) is 2. The minimum Gasteiger partial charge on any atom is -0.481 e. The number of rotatable bonds is 10. The van der Waals surface area contributed by atoms with Crippen LogP contribution in [0, 0.1) is 5.92 Å². The third-order valence-corrected chi connectivity index (χ3v) is 5.02. The van der Waals surface area contributed by atoms with Gasteiger partial charge in [-0.05, 0) is 43.9 Å². The molecule has 0 aromatic carbocycles. The third-order valence-electron chi connectivity index (χ3n) is 5.02. The van der Waals surface area contributed by atoms with Crippen LogP contribution in [0.2, 0.25) is 0 Å². The van der Waals surface area contributed by atoms with E-state index < -0.39 is 12.0 Å². The zero-order chi connectivity index (χ0) is 20.4. The Labute approximate surface area is 165 Å². The van der Waals surface area contributed by atoms with Gasteiger partial charge in [-0.3, -0.25) is 19.4 Å². The molecule has 0 radical (unpaired) electrons. The van der Waals surface area contributed by atoms with Gasteiger partial charge in [0.1, 0.15) is 0 Å². The molecule has 0 aliphatic carbocycles. The first-order valence-corrected chi connectivity index (χ1v) is 9.91. The van der Waals surface area contributed by atoms with Gasteiger partial charge >= 0.3 is 5.97 Å². The Morgan fingerprint density at radius 3 is 2.82 bits per heavy atom. The summed E-state index contributed by atoms with van der Waals surface area (Å²) in [5.74, 6) is -1.46. The summed E-state index contributed by atoms with van der Waals surface area (Å²) in [5, 5.41) is 12.0. The van der Waals surface area contributed by atoms with Crippen LogP contribution in [0.1, 0.15) is 56.6 Å². The van der Waals surface area contributed by atoms with Crippen LogP contribution in [0.5, 0.6) is 0 Å². The highest BCUT2D eigenvalue weighted by Crippen LogP contribution is 2.21. The molecule has 2 rings (SSSR count). The molecule has 1 fully saturated rings. The van der Waals surface area contributed by atoms with Crippen LogP contribution in [0.25, 0.3) is 0 Å². The summed E-state index contributed by atoms with van der Waals surface area (Å²) in [7, 11) is 0. The predicted molar refractivity (Wildman–Crippen MR) is 104 cm³/mol. The highest BCUT2D eigenvalue weighted by atomic mass is 16.4. The molecule has 4 N–H and O–H groups in total. The second kappa shape index (κ2) is 11.4. The van der Waals surface area contributed by atoms with Gasteiger partial charge in [0, 0.05) is 31.9 Å². The molecular weight excluding hydrogens is 360 g/mol. The maximum atomic E-state index is 12.8. The number of pyridine rings is 1. The van der Waals surface area contributed by atoms with Gasteiger partial charge in [0.15, 0.2) is 0 Å². The highest BCUT2D eigenvalue weighted by molar-refractivity contribution is 5.82. The normalized spacial score (nSPS) is 17.8. The van der Waals surface area contributed by atoms with E-state index in [2.05, 4.69) is 10.3 Å². The Hall–Kier alpha value is -2.48. The minimum atomic E-state index is -0.993. The van der Waals surface area contributed by atoms with Crippen molar-refractivity contribution < 1.29 is 19.5 Å². The fraction of sp³-hybridized carbons (Fsp3) is 0.600. The average molecular weight is 390 g/mol. The number of aliphatic carboxylic acids is 1. The Bertz CT molecular complexity index is 653. The largest absolute Gasteiger partial charge is 0.481 e. The van der Waals surface area contributed by atoms with Crippen molar-refractivity contribution in [3.05, 3.63) is 30.1 Å². The van der Waals surface area contributed by atoms with Crippen molar-refractivity contribution in [3.8, 4) is 0 Å². The number of carboxylic acids is 1. The first-order chi connectivity index (χ1) is 13.5. The third kappa shape index (κ3) is 6.92. The lowest BCUT2D eigenvalue weighted by atomic mass is 9.95. The van der Waals surface area contributed by atoms with Crippen molar-refractivity contribution in [1.82, 2.24) is 15.2 Å². The standard InChI is InChI=1S/C20H30N4O4/c21-9-3-1-2-8-18(25)24-11-5-7-16(14-24)20(28)23-17(12-19(26)27)15-6-4-10-22-13-15/h4,6,10,13,16-17H,1-3,5,7-9,11-12,14,21H2,(H,23,28)(H,26,27). The molecule has 28 heavy (non-hydrogen) atoms. The van der Waals surface area contributed by atoms with E-state index in [0.29, 0.717) is 38.0 Å². The second-order valence-corrected chi connectivity index (χ2v) is 7.22. The van der Waals surface area contributed by atoms with Crippen molar-refractivity contribution in [3.63, 3.8) is 0 Å². The van der Waals surface area contributed by atoms with Crippen LogP contribution in [-0.4, -0.2) is 52.4 Å². The monoisotopic (exact) mass is 390 g/mol. The van der Waals surface area contributed by atoms with E-state index >= 15 is 0 Å². The van der Waals surface area contributed by atoms with E-state index in [4.69, 9.17) is 5.73 Å². The maximum Gasteiger partial charge on any atom is 0.305 e. The van der Waals surface area contributed by atoms with Gasteiger partial charge in [-0.1, -0.05) is 12.5 Å². The van der Waals surface area contributed by atoms with E-state index in [1.165, 1.54) is 0 Å². The van der Waals surface area contributed by atoms with Crippen LogP contribution in [0.3, 0.4) is 0 Å². The lowest BCUT2D eigenvalue weighted by molar-refractivity contribution is -0.138. The van der Waals surface area contributed by atoms with Crippen LogP contribution in [0.4, 0.5) is 0 Å². The number of nitrogens with zero attached hydrogens (tertiary/aromatic N) is 2. The maximum absolute atomic E-state index is 12.8. The average Bonchev–Trinajstić information content (AvgIpc) is 2.71. The molecule has 8 heteroatoms.